The summed E-state index contributed by atoms with van der Waals surface area (Å²) >= 11 is 0. The zero-order chi connectivity index (χ0) is 16.9. The van der Waals surface area contributed by atoms with Gasteiger partial charge in [0.25, 0.3) is 5.91 Å². The van der Waals surface area contributed by atoms with Gasteiger partial charge < -0.3 is 14.6 Å². The first kappa shape index (κ1) is 15.1. The standard InChI is InChI=1S/C14H15N5O4S/c1-9-14(20)16-11-6-10(2-3-12(11)23-9)24(21,22)19-5-4-18-8-15-17-13(18)7-19/h2-3,6,8-9H,4-5,7H2,1H3,(H,16,20). The summed E-state index contributed by atoms with van der Waals surface area (Å²) in [5, 5.41) is 10.4. The van der Waals surface area contributed by atoms with E-state index in [0.717, 1.165) is 0 Å². The van der Waals surface area contributed by atoms with Gasteiger partial charge in [0.15, 0.2) is 6.10 Å². The van der Waals surface area contributed by atoms with E-state index in [1.54, 1.807) is 19.3 Å². The van der Waals surface area contributed by atoms with Crippen molar-refractivity contribution < 1.29 is 17.9 Å². The number of amides is 1. The number of aromatic nitrogens is 3. The molecule has 1 amide bonds. The molecule has 9 nitrogen and oxygen atoms in total. The van der Waals surface area contributed by atoms with Gasteiger partial charge in [0.05, 0.1) is 17.1 Å². The first-order valence-electron chi connectivity index (χ1n) is 7.43. The van der Waals surface area contributed by atoms with Gasteiger partial charge >= 0.3 is 0 Å². The highest BCUT2D eigenvalue weighted by Crippen LogP contribution is 2.33. The summed E-state index contributed by atoms with van der Waals surface area (Å²) in [5.74, 6) is 0.760. The molecule has 0 saturated carbocycles. The molecule has 3 heterocycles. The Morgan fingerprint density at radius 2 is 2.17 bits per heavy atom. The van der Waals surface area contributed by atoms with Gasteiger partial charge in [-0.05, 0) is 25.1 Å². The van der Waals surface area contributed by atoms with Crippen molar-refractivity contribution >= 4 is 21.6 Å². The molecule has 2 aromatic rings. The first-order chi connectivity index (χ1) is 11.4. The minimum atomic E-state index is -3.70. The number of carbonyl (C=O) groups is 1. The number of hydrogen-bond donors (Lipinski definition) is 1. The van der Waals surface area contributed by atoms with E-state index in [9.17, 15) is 13.2 Å². The topological polar surface area (TPSA) is 106 Å². The molecular weight excluding hydrogens is 334 g/mol. The molecule has 1 unspecified atom stereocenters. The van der Waals surface area contributed by atoms with Crippen LogP contribution in [0.5, 0.6) is 5.75 Å². The zero-order valence-corrected chi connectivity index (χ0v) is 13.7. The van der Waals surface area contributed by atoms with Crippen molar-refractivity contribution in [2.75, 3.05) is 11.9 Å². The van der Waals surface area contributed by atoms with Crippen LogP contribution in [0.4, 0.5) is 5.69 Å². The van der Waals surface area contributed by atoms with E-state index in [1.165, 1.54) is 16.4 Å². The Morgan fingerprint density at radius 1 is 1.33 bits per heavy atom. The Bertz CT molecular complexity index is 923. The van der Waals surface area contributed by atoms with Gasteiger partial charge in [0, 0.05) is 13.1 Å². The van der Waals surface area contributed by atoms with Crippen LogP contribution in [-0.4, -0.2) is 46.0 Å². The smallest absolute Gasteiger partial charge is 0.265 e. The fraction of sp³-hybridized carbons (Fsp3) is 0.357. The van der Waals surface area contributed by atoms with E-state index < -0.39 is 16.1 Å². The molecule has 1 aromatic carbocycles. The molecule has 126 valence electrons. The highest BCUT2D eigenvalue weighted by Gasteiger charge is 2.31. The molecule has 0 bridgehead atoms. The molecule has 0 saturated heterocycles. The number of anilines is 1. The van der Waals surface area contributed by atoms with Crippen LogP contribution in [0.25, 0.3) is 0 Å². The molecule has 1 aromatic heterocycles. The molecule has 2 aliphatic rings. The normalized spacial score (nSPS) is 20.7. The van der Waals surface area contributed by atoms with Crippen LogP contribution in [0.3, 0.4) is 0 Å². The Morgan fingerprint density at radius 3 is 3.00 bits per heavy atom. The summed E-state index contributed by atoms with van der Waals surface area (Å²) < 4.78 is 34.4. The third-order valence-corrected chi connectivity index (χ3v) is 5.96. The Kier molecular flexibility index (Phi) is 3.32. The maximum absolute atomic E-state index is 12.9. The van der Waals surface area contributed by atoms with Crippen molar-refractivity contribution in [3.63, 3.8) is 0 Å². The molecule has 1 N–H and O–H groups in total. The summed E-state index contributed by atoms with van der Waals surface area (Å²) in [5.41, 5.74) is 0.361. The lowest BCUT2D eigenvalue weighted by Gasteiger charge is -2.27. The minimum Gasteiger partial charge on any atom is -0.479 e. The molecular formula is C14H15N5O4S. The van der Waals surface area contributed by atoms with Gasteiger partial charge in [-0.1, -0.05) is 0 Å². The maximum atomic E-state index is 12.9. The van der Waals surface area contributed by atoms with E-state index in [2.05, 4.69) is 15.5 Å². The molecule has 0 radical (unpaired) electrons. The summed E-state index contributed by atoms with van der Waals surface area (Å²) in [6.07, 6.45) is 0.986. The van der Waals surface area contributed by atoms with Gasteiger partial charge in [-0.25, -0.2) is 8.42 Å². The number of benzene rings is 1. The molecule has 0 aliphatic carbocycles. The summed E-state index contributed by atoms with van der Waals surface area (Å²) in [6.45, 7) is 2.64. The highest BCUT2D eigenvalue weighted by atomic mass is 32.2. The molecule has 1 atom stereocenters. The van der Waals surface area contributed by atoms with Gasteiger partial charge in [0.2, 0.25) is 10.0 Å². The Labute approximate surface area is 138 Å². The van der Waals surface area contributed by atoms with Gasteiger partial charge in [-0.2, -0.15) is 4.31 Å². The van der Waals surface area contributed by atoms with Crippen LogP contribution in [0.15, 0.2) is 29.4 Å². The van der Waals surface area contributed by atoms with Crippen molar-refractivity contribution in [3.05, 3.63) is 30.4 Å². The number of rotatable bonds is 2. The molecule has 10 heteroatoms. The predicted molar refractivity (Wildman–Crippen MR) is 82.8 cm³/mol. The van der Waals surface area contributed by atoms with Crippen LogP contribution in [0.2, 0.25) is 0 Å². The van der Waals surface area contributed by atoms with Crippen LogP contribution in [0.1, 0.15) is 12.7 Å². The average molecular weight is 349 g/mol. The van der Waals surface area contributed by atoms with Crippen molar-refractivity contribution in [2.45, 2.75) is 31.0 Å². The number of hydrogen-bond acceptors (Lipinski definition) is 6. The number of carbonyl (C=O) groups excluding carboxylic acids is 1. The predicted octanol–water partition coefficient (Wildman–Crippen LogP) is 0.202. The van der Waals surface area contributed by atoms with E-state index in [0.29, 0.717) is 30.4 Å². The zero-order valence-electron chi connectivity index (χ0n) is 12.8. The van der Waals surface area contributed by atoms with Crippen LogP contribution < -0.4 is 10.1 Å². The van der Waals surface area contributed by atoms with Crippen molar-refractivity contribution in [1.29, 1.82) is 0 Å². The third-order valence-electron chi connectivity index (χ3n) is 4.12. The lowest BCUT2D eigenvalue weighted by atomic mass is 10.2. The van der Waals surface area contributed by atoms with E-state index >= 15 is 0 Å². The van der Waals surface area contributed by atoms with Gasteiger partial charge in [-0.3, -0.25) is 4.79 Å². The van der Waals surface area contributed by atoms with Crippen molar-refractivity contribution in [3.8, 4) is 5.75 Å². The molecule has 24 heavy (non-hydrogen) atoms. The van der Waals surface area contributed by atoms with E-state index in [-0.39, 0.29) is 17.3 Å². The maximum Gasteiger partial charge on any atom is 0.265 e. The second-order valence-corrected chi connectivity index (χ2v) is 7.62. The number of sulfonamides is 1. The van der Waals surface area contributed by atoms with E-state index in [4.69, 9.17) is 4.74 Å². The number of nitrogens with one attached hydrogen (secondary N) is 1. The highest BCUT2D eigenvalue weighted by molar-refractivity contribution is 7.89. The minimum absolute atomic E-state index is 0.104. The van der Waals surface area contributed by atoms with Crippen LogP contribution in [-0.2, 0) is 27.9 Å². The second kappa shape index (κ2) is 5.28. The molecule has 2 aliphatic heterocycles. The van der Waals surface area contributed by atoms with Gasteiger partial charge in [0.1, 0.15) is 17.9 Å². The third kappa shape index (κ3) is 2.34. The summed E-state index contributed by atoms with van der Waals surface area (Å²) in [7, 11) is -3.70. The average Bonchev–Trinajstić information content (AvgIpc) is 3.03. The SMILES string of the molecule is CC1Oc2ccc(S(=O)(=O)N3CCn4cnnc4C3)cc2NC1=O. The van der Waals surface area contributed by atoms with Crippen LogP contribution >= 0.6 is 0 Å². The lowest BCUT2D eigenvalue weighted by Crippen LogP contribution is -2.38. The lowest BCUT2D eigenvalue weighted by molar-refractivity contribution is -0.122. The molecule has 0 fully saturated rings. The summed E-state index contributed by atoms with van der Waals surface area (Å²) in [6, 6.07) is 4.47. The fourth-order valence-corrected chi connectivity index (χ4v) is 4.16. The van der Waals surface area contributed by atoms with E-state index in [1.807, 2.05) is 4.57 Å². The fourth-order valence-electron chi connectivity index (χ4n) is 2.75. The summed E-state index contributed by atoms with van der Waals surface area (Å²) in [4.78, 5) is 11.8. The largest absolute Gasteiger partial charge is 0.479 e. The number of fused-ring (bicyclic) bond motifs is 2. The van der Waals surface area contributed by atoms with Crippen molar-refractivity contribution in [2.24, 2.45) is 0 Å². The number of nitrogens with zero attached hydrogens (tertiary/aromatic N) is 4. The monoisotopic (exact) mass is 349 g/mol. The Balaban J connectivity index is 1.66. The second-order valence-electron chi connectivity index (χ2n) is 5.69. The van der Waals surface area contributed by atoms with Crippen LogP contribution in [0, 0.1) is 0 Å². The molecule has 4 rings (SSSR count). The first-order valence-corrected chi connectivity index (χ1v) is 8.87. The Hall–Kier alpha value is -2.46. The molecule has 0 spiro atoms. The van der Waals surface area contributed by atoms with Gasteiger partial charge in [-0.15, -0.1) is 10.2 Å². The quantitative estimate of drug-likeness (QED) is 0.830. The number of ether oxygens (including phenoxy) is 1. The van der Waals surface area contributed by atoms with Crippen molar-refractivity contribution in [1.82, 2.24) is 19.1 Å².